The van der Waals surface area contributed by atoms with Gasteiger partial charge in [0, 0.05) is 19.8 Å². The van der Waals surface area contributed by atoms with E-state index in [1.165, 1.54) is 17.0 Å². The van der Waals surface area contributed by atoms with Gasteiger partial charge in [0.1, 0.15) is 0 Å². The molecule has 0 atom stereocenters. The summed E-state index contributed by atoms with van der Waals surface area (Å²) < 4.78 is 1.74. The van der Waals surface area contributed by atoms with Gasteiger partial charge < -0.3 is 4.90 Å². The lowest BCUT2D eigenvalue weighted by atomic mass is 10.3. The van der Waals surface area contributed by atoms with Gasteiger partial charge in [0.25, 0.3) is 0 Å². The number of halogens is 1. The van der Waals surface area contributed by atoms with Gasteiger partial charge in [-0.3, -0.25) is 0 Å². The van der Waals surface area contributed by atoms with Crippen LogP contribution in [0, 0.1) is 0 Å². The molecule has 13 heavy (non-hydrogen) atoms. The summed E-state index contributed by atoms with van der Waals surface area (Å²) in [4.78, 5) is 6.24. The summed E-state index contributed by atoms with van der Waals surface area (Å²) in [6, 6.07) is 6.13. The van der Waals surface area contributed by atoms with Crippen LogP contribution in [0.4, 0.5) is 5.69 Å². The molecule has 0 saturated carbocycles. The van der Waals surface area contributed by atoms with Gasteiger partial charge in [0.05, 0.1) is 10.2 Å². The van der Waals surface area contributed by atoms with Crippen molar-refractivity contribution in [3.8, 4) is 0 Å². The molecule has 0 unspecified atom stereocenters. The van der Waals surface area contributed by atoms with Crippen LogP contribution in [0.5, 0.6) is 0 Å². The Kier molecular flexibility index (Phi) is 2.14. The van der Waals surface area contributed by atoms with Crippen LogP contribution in [-0.4, -0.2) is 19.1 Å². The zero-order chi connectivity index (χ0) is 9.42. The minimum Gasteiger partial charge on any atom is -0.378 e. The van der Waals surface area contributed by atoms with E-state index in [9.17, 15) is 0 Å². The number of benzene rings is 1. The first kappa shape index (κ1) is 8.78. The van der Waals surface area contributed by atoms with Crippen LogP contribution in [0.1, 0.15) is 0 Å². The van der Waals surface area contributed by atoms with Crippen molar-refractivity contribution in [2.75, 3.05) is 19.0 Å². The number of anilines is 1. The molecule has 0 saturated heterocycles. The number of rotatable bonds is 1. The van der Waals surface area contributed by atoms with Gasteiger partial charge in [0.2, 0.25) is 0 Å². The number of aromatic nitrogens is 1. The predicted molar refractivity (Wildman–Crippen MR) is 59.0 cm³/mol. The third-order valence-corrected chi connectivity index (χ3v) is 2.98. The van der Waals surface area contributed by atoms with Crippen molar-refractivity contribution in [2.24, 2.45) is 0 Å². The second-order valence-corrected chi connectivity index (χ2v) is 4.63. The van der Waals surface area contributed by atoms with Crippen molar-refractivity contribution in [2.45, 2.75) is 0 Å². The Hall–Kier alpha value is -0.800. The topological polar surface area (TPSA) is 16.1 Å². The van der Waals surface area contributed by atoms with Crippen molar-refractivity contribution in [3.05, 3.63) is 22.7 Å². The molecule has 0 fully saturated rings. The van der Waals surface area contributed by atoms with Crippen LogP contribution in [-0.2, 0) is 0 Å². The van der Waals surface area contributed by atoms with E-state index >= 15 is 0 Å². The summed E-state index contributed by atoms with van der Waals surface area (Å²) in [6.45, 7) is 0. The van der Waals surface area contributed by atoms with E-state index in [1.807, 2.05) is 26.2 Å². The Bertz CT molecular complexity index is 436. The minimum atomic E-state index is 0.603. The SMILES string of the molecule is CN(C)c1ccc2nc(Cl)sc2c1. The van der Waals surface area contributed by atoms with Crippen molar-refractivity contribution < 1.29 is 0 Å². The molecule has 2 rings (SSSR count). The zero-order valence-corrected chi connectivity index (χ0v) is 8.99. The number of thiazole rings is 1. The molecule has 4 heteroatoms. The van der Waals surface area contributed by atoms with Crippen molar-refractivity contribution in [3.63, 3.8) is 0 Å². The predicted octanol–water partition coefficient (Wildman–Crippen LogP) is 3.02. The molecular formula is C9H9ClN2S. The molecule has 0 aliphatic heterocycles. The fourth-order valence-corrected chi connectivity index (χ4v) is 2.23. The number of hydrogen-bond acceptors (Lipinski definition) is 3. The molecule has 0 bridgehead atoms. The zero-order valence-electron chi connectivity index (χ0n) is 7.41. The van der Waals surface area contributed by atoms with Crippen LogP contribution in [0.3, 0.4) is 0 Å². The molecule has 0 aliphatic carbocycles. The Balaban J connectivity index is 2.61. The smallest absolute Gasteiger partial charge is 0.184 e. The molecule has 0 aliphatic rings. The van der Waals surface area contributed by atoms with E-state index < -0.39 is 0 Å². The van der Waals surface area contributed by atoms with Crippen molar-refractivity contribution in [1.82, 2.24) is 4.98 Å². The molecule has 2 aromatic rings. The highest BCUT2D eigenvalue weighted by Crippen LogP contribution is 2.28. The third kappa shape index (κ3) is 1.62. The summed E-state index contributed by atoms with van der Waals surface area (Å²) in [5.41, 5.74) is 2.15. The highest BCUT2D eigenvalue weighted by atomic mass is 35.5. The highest BCUT2D eigenvalue weighted by molar-refractivity contribution is 7.22. The summed E-state index contributed by atoms with van der Waals surface area (Å²) in [5, 5.41) is 0. The monoisotopic (exact) mass is 212 g/mol. The quantitative estimate of drug-likeness (QED) is 0.723. The van der Waals surface area contributed by atoms with E-state index in [4.69, 9.17) is 11.6 Å². The molecule has 68 valence electrons. The van der Waals surface area contributed by atoms with Crippen molar-refractivity contribution >= 4 is 38.8 Å². The van der Waals surface area contributed by atoms with Gasteiger partial charge in [-0.05, 0) is 18.2 Å². The van der Waals surface area contributed by atoms with E-state index in [0.29, 0.717) is 4.47 Å². The van der Waals surface area contributed by atoms with Crippen LogP contribution < -0.4 is 4.90 Å². The van der Waals surface area contributed by atoms with E-state index in [0.717, 1.165) is 10.2 Å². The normalized spacial score (nSPS) is 10.7. The maximum atomic E-state index is 5.81. The molecule has 0 amide bonds. The van der Waals surface area contributed by atoms with E-state index in [2.05, 4.69) is 16.0 Å². The molecule has 1 heterocycles. The Morgan fingerprint density at radius 2 is 2.15 bits per heavy atom. The number of hydrogen-bond donors (Lipinski definition) is 0. The van der Waals surface area contributed by atoms with Gasteiger partial charge in [-0.25, -0.2) is 4.98 Å². The lowest BCUT2D eigenvalue weighted by Gasteiger charge is -2.11. The van der Waals surface area contributed by atoms with Crippen LogP contribution in [0.15, 0.2) is 18.2 Å². The van der Waals surface area contributed by atoms with Gasteiger partial charge >= 0.3 is 0 Å². The van der Waals surface area contributed by atoms with Crippen molar-refractivity contribution in [1.29, 1.82) is 0 Å². The average molecular weight is 213 g/mol. The Morgan fingerprint density at radius 3 is 2.85 bits per heavy atom. The lowest BCUT2D eigenvalue weighted by Crippen LogP contribution is -2.07. The Morgan fingerprint density at radius 1 is 1.38 bits per heavy atom. The first-order valence-electron chi connectivity index (χ1n) is 3.90. The maximum absolute atomic E-state index is 5.81. The van der Waals surface area contributed by atoms with Gasteiger partial charge in [-0.2, -0.15) is 0 Å². The summed E-state index contributed by atoms with van der Waals surface area (Å²) in [6.07, 6.45) is 0. The van der Waals surface area contributed by atoms with E-state index in [1.54, 1.807) is 0 Å². The standard InChI is InChI=1S/C9H9ClN2S/c1-12(2)6-3-4-7-8(5-6)13-9(10)11-7/h3-5H,1-2H3. The fraction of sp³-hybridized carbons (Fsp3) is 0.222. The molecule has 2 nitrogen and oxygen atoms in total. The minimum absolute atomic E-state index is 0.603. The number of fused-ring (bicyclic) bond motifs is 1. The Labute approximate surface area is 85.8 Å². The van der Waals surface area contributed by atoms with Gasteiger partial charge in [0.15, 0.2) is 4.47 Å². The second-order valence-electron chi connectivity index (χ2n) is 3.01. The number of nitrogens with zero attached hydrogens (tertiary/aromatic N) is 2. The average Bonchev–Trinajstić information content (AvgIpc) is 2.42. The maximum Gasteiger partial charge on any atom is 0.184 e. The molecule has 0 N–H and O–H groups in total. The first-order chi connectivity index (χ1) is 6.16. The van der Waals surface area contributed by atoms with Gasteiger partial charge in [-0.1, -0.05) is 11.6 Å². The largest absolute Gasteiger partial charge is 0.378 e. The molecule has 1 aromatic carbocycles. The molecule has 1 aromatic heterocycles. The summed E-state index contributed by atoms with van der Waals surface area (Å²) in [5.74, 6) is 0. The third-order valence-electron chi connectivity index (χ3n) is 1.86. The molecular weight excluding hydrogens is 204 g/mol. The molecule has 0 radical (unpaired) electrons. The van der Waals surface area contributed by atoms with Crippen LogP contribution in [0.25, 0.3) is 10.2 Å². The first-order valence-corrected chi connectivity index (χ1v) is 5.09. The van der Waals surface area contributed by atoms with Crippen LogP contribution >= 0.6 is 22.9 Å². The van der Waals surface area contributed by atoms with E-state index in [-0.39, 0.29) is 0 Å². The summed E-state index contributed by atoms with van der Waals surface area (Å²) in [7, 11) is 4.04. The van der Waals surface area contributed by atoms with Crippen LogP contribution in [0.2, 0.25) is 4.47 Å². The summed E-state index contributed by atoms with van der Waals surface area (Å²) >= 11 is 7.32. The fourth-order valence-electron chi connectivity index (χ4n) is 1.16. The molecule has 0 spiro atoms. The highest BCUT2D eigenvalue weighted by Gasteiger charge is 2.02. The lowest BCUT2D eigenvalue weighted by molar-refractivity contribution is 1.14. The van der Waals surface area contributed by atoms with Gasteiger partial charge in [-0.15, -0.1) is 11.3 Å². The second kappa shape index (κ2) is 3.16.